The van der Waals surface area contributed by atoms with E-state index in [4.69, 9.17) is 0 Å². The van der Waals surface area contributed by atoms with Crippen LogP contribution in [0.15, 0.2) is 41.1 Å². The molecule has 4 heteroatoms. The first-order valence-electron chi connectivity index (χ1n) is 4.49. The molecule has 1 heterocycles. The van der Waals surface area contributed by atoms with Gasteiger partial charge in [-0.2, -0.15) is 5.10 Å². The summed E-state index contributed by atoms with van der Waals surface area (Å²) in [5, 5.41) is 4.13. The lowest BCUT2D eigenvalue weighted by atomic mass is 10.2. The molecule has 0 saturated heterocycles. The Labute approximate surface area is 95.9 Å². The van der Waals surface area contributed by atoms with E-state index in [1.54, 1.807) is 17.1 Å². The summed E-state index contributed by atoms with van der Waals surface area (Å²) in [7, 11) is 0. The number of para-hydroxylation sites is 1. The molecule has 0 fully saturated rings. The van der Waals surface area contributed by atoms with Gasteiger partial charge in [-0.3, -0.25) is 4.79 Å². The van der Waals surface area contributed by atoms with Crippen molar-refractivity contribution < 1.29 is 4.79 Å². The van der Waals surface area contributed by atoms with Crippen LogP contribution in [-0.2, 0) is 0 Å². The zero-order chi connectivity index (χ0) is 10.8. The van der Waals surface area contributed by atoms with Crippen molar-refractivity contribution in [3.63, 3.8) is 0 Å². The smallest absolute Gasteiger partial charge is 0.162 e. The van der Waals surface area contributed by atoms with Gasteiger partial charge in [0.15, 0.2) is 5.78 Å². The SMILES string of the molecule is CC(=O)c1cnn(-c2ccccc2Br)c1. The van der Waals surface area contributed by atoms with Gasteiger partial charge in [0.1, 0.15) is 0 Å². The Morgan fingerprint density at radius 3 is 2.73 bits per heavy atom. The lowest BCUT2D eigenvalue weighted by molar-refractivity contribution is 0.101. The number of nitrogens with zero attached hydrogens (tertiary/aromatic N) is 2. The van der Waals surface area contributed by atoms with Crippen molar-refractivity contribution in [1.82, 2.24) is 9.78 Å². The molecule has 76 valence electrons. The topological polar surface area (TPSA) is 34.9 Å². The van der Waals surface area contributed by atoms with E-state index in [-0.39, 0.29) is 5.78 Å². The van der Waals surface area contributed by atoms with E-state index < -0.39 is 0 Å². The van der Waals surface area contributed by atoms with Crippen LogP contribution in [0.3, 0.4) is 0 Å². The molecule has 0 aliphatic carbocycles. The zero-order valence-corrected chi connectivity index (χ0v) is 9.73. The van der Waals surface area contributed by atoms with Crippen molar-refractivity contribution in [3.8, 4) is 5.69 Å². The minimum absolute atomic E-state index is 0.0216. The summed E-state index contributed by atoms with van der Waals surface area (Å²) in [5.41, 5.74) is 1.54. The Hall–Kier alpha value is -1.42. The normalized spacial score (nSPS) is 10.3. The van der Waals surface area contributed by atoms with Gasteiger partial charge in [-0.1, -0.05) is 12.1 Å². The molecule has 0 aliphatic heterocycles. The minimum Gasteiger partial charge on any atom is -0.294 e. The summed E-state index contributed by atoms with van der Waals surface area (Å²) < 4.78 is 2.63. The van der Waals surface area contributed by atoms with Crippen LogP contribution >= 0.6 is 15.9 Å². The quantitative estimate of drug-likeness (QED) is 0.782. The van der Waals surface area contributed by atoms with Crippen molar-refractivity contribution in [2.75, 3.05) is 0 Å². The van der Waals surface area contributed by atoms with Crippen LogP contribution in [0.5, 0.6) is 0 Å². The summed E-state index contributed by atoms with van der Waals surface area (Å²) in [5.74, 6) is 0.0216. The number of hydrogen-bond acceptors (Lipinski definition) is 2. The zero-order valence-electron chi connectivity index (χ0n) is 8.14. The highest BCUT2D eigenvalue weighted by Crippen LogP contribution is 2.19. The average Bonchev–Trinajstić information content (AvgIpc) is 2.67. The molecule has 0 atom stereocenters. The Kier molecular flexibility index (Phi) is 2.68. The fourth-order valence-corrected chi connectivity index (χ4v) is 1.74. The second-order valence-corrected chi connectivity index (χ2v) is 4.04. The predicted molar refractivity (Wildman–Crippen MR) is 61.3 cm³/mol. The number of benzene rings is 1. The monoisotopic (exact) mass is 264 g/mol. The van der Waals surface area contributed by atoms with Crippen molar-refractivity contribution >= 4 is 21.7 Å². The molecule has 0 unspecified atom stereocenters. The highest BCUT2D eigenvalue weighted by molar-refractivity contribution is 9.10. The van der Waals surface area contributed by atoms with Crippen LogP contribution in [0.25, 0.3) is 5.69 Å². The third kappa shape index (κ3) is 1.99. The summed E-state index contributed by atoms with van der Waals surface area (Å²) in [4.78, 5) is 11.1. The molecule has 0 N–H and O–H groups in total. The molecule has 2 aromatic rings. The molecule has 0 aliphatic rings. The molecule has 0 radical (unpaired) electrons. The molecule has 1 aromatic heterocycles. The molecule has 0 saturated carbocycles. The van der Waals surface area contributed by atoms with Gasteiger partial charge >= 0.3 is 0 Å². The van der Waals surface area contributed by atoms with E-state index in [2.05, 4.69) is 21.0 Å². The summed E-state index contributed by atoms with van der Waals surface area (Å²) in [6.07, 6.45) is 3.30. The molecule has 0 amide bonds. The molecule has 0 bridgehead atoms. The molecular formula is C11H9BrN2O. The average molecular weight is 265 g/mol. The van der Waals surface area contributed by atoms with E-state index in [0.29, 0.717) is 5.56 Å². The van der Waals surface area contributed by atoms with Gasteiger partial charge in [0, 0.05) is 10.7 Å². The molecule has 1 aromatic carbocycles. The number of ketones is 1. The molecule has 15 heavy (non-hydrogen) atoms. The largest absolute Gasteiger partial charge is 0.294 e. The van der Waals surface area contributed by atoms with Gasteiger partial charge in [0.2, 0.25) is 0 Å². The number of aromatic nitrogens is 2. The number of carbonyl (C=O) groups is 1. The van der Waals surface area contributed by atoms with Gasteiger partial charge in [-0.15, -0.1) is 0 Å². The number of rotatable bonds is 2. The Balaban J connectivity index is 2.46. The lowest BCUT2D eigenvalue weighted by Gasteiger charge is -2.02. The number of hydrogen-bond donors (Lipinski definition) is 0. The van der Waals surface area contributed by atoms with Crippen molar-refractivity contribution in [3.05, 3.63) is 46.7 Å². The van der Waals surface area contributed by atoms with Crippen LogP contribution in [0.1, 0.15) is 17.3 Å². The van der Waals surface area contributed by atoms with Gasteiger partial charge in [0.25, 0.3) is 0 Å². The second-order valence-electron chi connectivity index (χ2n) is 3.18. The fourth-order valence-electron chi connectivity index (χ4n) is 1.27. The van der Waals surface area contributed by atoms with Crippen molar-refractivity contribution in [1.29, 1.82) is 0 Å². The van der Waals surface area contributed by atoms with Crippen LogP contribution in [0, 0.1) is 0 Å². The highest BCUT2D eigenvalue weighted by atomic mass is 79.9. The Morgan fingerprint density at radius 2 is 2.13 bits per heavy atom. The first-order valence-corrected chi connectivity index (χ1v) is 5.28. The third-order valence-electron chi connectivity index (χ3n) is 2.09. The predicted octanol–water partition coefficient (Wildman–Crippen LogP) is 2.84. The number of halogens is 1. The van der Waals surface area contributed by atoms with E-state index in [9.17, 15) is 4.79 Å². The van der Waals surface area contributed by atoms with Gasteiger partial charge < -0.3 is 0 Å². The maximum Gasteiger partial charge on any atom is 0.162 e. The number of carbonyl (C=O) groups excluding carboxylic acids is 1. The maximum absolute atomic E-state index is 11.1. The standard InChI is InChI=1S/C11H9BrN2O/c1-8(15)9-6-13-14(7-9)11-5-3-2-4-10(11)12/h2-7H,1H3. The number of Topliss-reactive ketones (excluding diaryl/α,β-unsaturated/α-hetero) is 1. The first-order chi connectivity index (χ1) is 7.18. The van der Waals surface area contributed by atoms with Gasteiger partial charge in [-0.25, -0.2) is 4.68 Å². The maximum atomic E-state index is 11.1. The van der Waals surface area contributed by atoms with E-state index in [0.717, 1.165) is 10.2 Å². The Bertz CT molecular complexity index is 505. The second kappa shape index (κ2) is 3.98. The van der Waals surface area contributed by atoms with E-state index >= 15 is 0 Å². The van der Waals surface area contributed by atoms with Crippen LogP contribution < -0.4 is 0 Å². The Morgan fingerprint density at radius 1 is 1.40 bits per heavy atom. The summed E-state index contributed by atoms with van der Waals surface area (Å²) in [6, 6.07) is 7.73. The van der Waals surface area contributed by atoms with Crippen molar-refractivity contribution in [2.45, 2.75) is 6.92 Å². The van der Waals surface area contributed by atoms with Crippen LogP contribution in [0.2, 0.25) is 0 Å². The molecule has 3 nitrogen and oxygen atoms in total. The first kappa shape index (κ1) is 10.1. The minimum atomic E-state index is 0.0216. The highest BCUT2D eigenvalue weighted by Gasteiger charge is 2.06. The molecule has 2 rings (SSSR count). The fraction of sp³-hybridized carbons (Fsp3) is 0.0909. The lowest BCUT2D eigenvalue weighted by Crippen LogP contribution is -1.95. The van der Waals surface area contributed by atoms with Crippen LogP contribution in [-0.4, -0.2) is 15.6 Å². The molecule has 0 spiro atoms. The van der Waals surface area contributed by atoms with E-state index in [1.165, 1.54) is 6.92 Å². The van der Waals surface area contributed by atoms with Gasteiger partial charge in [-0.05, 0) is 35.0 Å². The van der Waals surface area contributed by atoms with Crippen LogP contribution in [0.4, 0.5) is 0 Å². The third-order valence-corrected chi connectivity index (χ3v) is 2.76. The summed E-state index contributed by atoms with van der Waals surface area (Å²) >= 11 is 3.43. The molecular weight excluding hydrogens is 256 g/mol. The summed E-state index contributed by atoms with van der Waals surface area (Å²) in [6.45, 7) is 1.53. The van der Waals surface area contributed by atoms with Gasteiger partial charge in [0.05, 0.1) is 17.4 Å². The van der Waals surface area contributed by atoms with Crippen molar-refractivity contribution in [2.24, 2.45) is 0 Å². The van der Waals surface area contributed by atoms with E-state index in [1.807, 2.05) is 24.3 Å².